The van der Waals surface area contributed by atoms with Crippen molar-refractivity contribution >= 4 is 0 Å². The van der Waals surface area contributed by atoms with Crippen molar-refractivity contribution in [2.24, 2.45) is 11.7 Å². The molecule has 1 saturated carbocycles. The van der Waals surface area contributed by atoms with Gasteiger partial charge < -0.3 is 5.73 Å². The van der Waals surface area contributed by atoms with Crippen LogP contribution in [0.5, 0.6) is 0 Å². The van der Waals surface area contributed by atoms with Crippen LogP contribution in [0.1, 0.15) is 57.7 Å². The first-order chi connectivity index (χ1) is 8.20. The van der Waals surface area contributed by atoms with Crippen molar-refractivity contribution < 1.29 is 0 Å². The number of rotatable bonds is 5. The molecule has 0 aliphatic heterocycles. The van der Waals surface area contributed by atoms with Gasteiger partial charge in [-0.3, -0.25) is 4.68 Å². The van der Waals surface area contributed by atoms with Gasteiger partial charge in [0.05, 0.1) is 11.7 Å². The molecule has 0 radical (unpaired) electrons. The Morgan fingerprint density at radius 2 is 2.18 bits per heavy atom. The Morgan fingerprint density at radius 1 is 1.47 bits per heavy atom. The highest BCUT2D eigenvalue weighted by molar-refractivity contribution is 5.02. The van der Waals surface area contributed by atoms with E-state index in [0.29, 0.717) is 12.0 Å². The van der Waals surface area contributed by atoms with Gasteiger partial charge in [0, 0.05) is 12.2 Å². The van der Waals surface area contributed by atoms with Crippen LogP contribution in [0.3, 0.4) is 0 Å². The molecule has 1 aromatic heterocycles. The molecular weight excluding hydrogens is 210 g/mol. The van der Waals surface area contributed by atoms with Crippen molar-refractivity contribution in [1.29, 1.82) is 0 Å². The van der Waals surface area contributed by atoms with Crippen molar-refractivity contribution in [1.82, 2.24) is 9.78 Å². The molecule has 3 nitrogen and oxygen atoms in total. The summed E-state index contributed by atoms with van der Waals surface area (Å²) in [4.78, 5) is 0. The van der Waals surface area contributed by atoms with Crippen LogP contribution in [0.2, 0.25) is 0 Å². The molecule has 0 aromatic carbocycles. The lowest BCUT2D eigenvalue weighted by Crippen LogP contribution is -2.27. The SMILES string of the molecule is CCC(Cc1ccn(C2CCCC2)n1)C(C)N. The minimum Gasteiger partial charge on any atom is -0.328 e. The van der Waals surface area contributed by atoms with E-state index in [-0.39, 0.29) is 6.04 Å². The second kappa shape index (κ2) is 5.67. The second-order valence-electron chi connectivity index (χ2n) is 5.46. The Kier molecular flexibility index (Phi) is 4.21. The van der Waals surface area contributed by atoms with Crippen molar-refractivity contribution in [3.8, 4) is 0 Å². The standard InChI is InChI=1S/C14H25N3/c1-3-12(11(2)15)10-13-8-9-17(16-13)14-6-4-5-7-14/h8-9,11-12,14H,3-7,10,15H2,1-2H3. The summed E-state index contributed by atoms with van der Waals surface area (Å²) in [6, 6.07) is 3.08. The second-order valence-corrected chi connectivity index (χ2v) is 5.46. The first-order valence-electron chi connectivity index (χ1n) is 7.00. The largest absolute Gasteiger partial charge is 0.328 e. The van der Waals surface area contributed by atoms with Crippen LogP contribution in [0.15, 0.2) is 12.3 Å². The van der Waals surface area contributed by atoms with Gasteiger partial charge in [0.2, 0.25) is 0 Å². The highest BCUT2D eigenvalue weighted by atomic mass is 15.3. The summed E-state index contributed by atoms with van der Waals surface area (Å²) in [6.07, 6.45) is 9.62. The van der Waals surface area contributed by atoms with E-state index in [4.69, 9.17) is 10.8 Å². The van der Waals surface area contributed by atoms with E-state index in [0.717, 1.165) is 12.8 Å². The maximum absolute atomic E-state index is 5.99. The Hall–Kier alpha value is -0.830. The number of aromatic nitrogens is 2. The maximum atomic E-state index is 5.99. The molecule has 0 saturated heterocycles. The minimum absolute atomic E-state index is 0.261. The third-order valence-corrected chi connectivity index (χ3v) is 4.10. The van der Waals surface area contributed by atoms with Gasteiger partial charge in [-0.1, -0.05) is 26.2 Å². The maximum Gasteiger partial charge on any atom is 0.0628 e. The van der Waals surface area contributed by atoms with Gasteiger partial charge in [0.15, 0.2) is 0 Å². The molecule has 0 amide bonds. The molecule has 17 heavy (non-hydrogen) atoms. The van der Waals surface area contributed by atoms with Gasteiger partial charge in [0.1, 0.15) is 0 Å². The van der Waals surface area contributed by atoms with Gasteiger partial charge in [-0.15, -0.1) is 0 Å². The van der Waals surface area contributed by atoms with Crippen molar-refractivity contribution in [2.45, 2.75) is 64.5 Å². The summed E-state index contributed by atoms with van der Waals surface area (Å²) in [6.45, 7) is 4.31. The number of nitrogens with zero attached hydrogens (tertiary/aromatic N) is 2. The fraction of sp³-hybridized carbons (Fsp3) is 0.786. The van der Waals surface area contributed by atoms with E-state index in [1.54, 1.807) is 0 Å². The molecule has 3 heteroatoms. The quantitative estimate of drug-likeness (QED) is 0.852. The molecule has 0 bridgehead atoms. The molecule has 1 fully saturated rings. The van der Waals surface area contributed by atoms with E-state index in [1.807, 2.05) is 0 Å². The van der Waals surface area contributed by atoms with Crippen LogP contribution < -0.4 is 5.73 Å². The van der Waals surface area contributed by atoms with Crippen LogP contribution in [-0.2, 0) is 6.42 Å². The first kappa shape index (κ1) is 12.6. The molecule has 1 heterocycles. The number of nitrogens with two attached hydrogens (primary N) is 1. The smallest absolute Gasteiger partial charge is 0.0628 e. The van der Waals surface area contributed by atoms with Crippen molar-refractivity contribution in [3.05, 3.63) is 18.0 Å². The fourth-order valence-electron chi connectivity index (χ4n) is 2.83. The zero-order valence-electron chi connectivity index (χ0n) is 11.1. The Labute approximate surface area is 104 Å². The highest BCUT2D eigenvalue weighted by Crippen LogP contribution is 2.29. The van der Waals surface area contributed by atoms with Gasteiger partial charge in [-0.25, -0.2) is 0 Å². The van der Waals surface area contributed by atoms with E-state index in [1.165, 1.54) is 31.4 Å². The Morgan fingerprint density at radius 3 is 2.76 bits per heavy atom. The van der Waals surface area contributed by atoms with Crippen LogP contribution >= 0.6 is 0 Å². The Bertz CT molecular complexity index is 337. The molecule has 2 rings (SSSR count). The average molecular weight is 235 g/mol. The predicted molar refractivity (Wildman–Crippen MR) is 70.9 cm³/mol. The lowest BCUT2D eigenvalue weighted by molar-refractivity contribution is 0.413. The van der Waals surface area contributed by atoms with Crippen LogP contribution in [-0.4, -0.2) is 15.8 Å². The molecule has 2 atom stereocenters. The molecule has 1 aliphatic rings. The molecule has 1 aliphatic carbocycles. The topological polar surface area (TPSA) is 43.8 Å². The van der Waals surface area contributed by atoms with E-state index in [9.17, 15) is 0 Å². The zero-order valence-corrected chi connectivity index (χ0v) is 11.1. The molecule has 1 aromatic rings. The lowest BCUT2D eigenvalue weighted by atomic mass is 9.94. The Balaban J connectivity index is 1.97. The lowest BCUT2D eigenvalue weighted by Gasteiger charge is -2.17. The molecule has 96 valence electrons. The van der Waals surface area contributed by atoms with Crippen LogP contribution in [0.4, 0.5) is 0 Å². The number of hydrogen-bond acceptors (Lipinski definition) is 2. The summed E-state index contributed by atoms with van der Waals surface area (Å²) in [5.41, 5.74) is 7.20. The first-order valence-corrected chi connectivity index (χ1v) is 7.00. The molecular formula is C14H25N3. The number of hydrogen-bond donors (Lipinski definition) is 1. The monoisotopic (exact) mass is 235 g/mol. The van der Waals surface area contributed by atoms with Gasteiger partial charge >= 0.3 is 0 Å². The van der Waals surface area contributed by atoms with Gasteiger partial charge in [-0.2, -0.15) is 5.10 Å². The summed E-state index contributed by atoms with van der Waals surface area (Å²) in [5.74, 6) is 0.557. The molecule has 2 unspecified atom stereocenters. The highest BCUT2D eigenvalue weighted by Gasteiger charge is 2.19. The molecule has 0 spiro atoms. The summed E-state index contributed by atoms with van der Waals surface area (Å²) < 4.78 is 2.18. The predicted octanol–water partition coefficient (Wildman–Crippen LogP) is 2.91. The van der Waals surface area contributed by atoms with E-state index >= 15 is 0 Å². The summed E-state index contributed by atoms with van der Waals surface area (Å²) in [5, 5.41) is 4.72. The summed E-state index contributed by atoms with van der Waals surface area (Å²) in [7, 11) is 0. The van der Waals surface area contributed by atoms with Crippen LogP contribution in [0, 0.1) is 5.92 Å². The van der Waals surface area contributed by atoms with Gasteiger partial charge in [-0.05, 0) is 38.2 Å². The van der Waals surface area contributed by atoms with Crippen molar-refractivity contribution in [2.75, 3.05) is 0 Å². The minimum atomic E-state index is 0.261. The average Bonchev–Trinajstić information content (AvgIpc) is 2.95. The zero-order chi connectivity index (χ0) is 12.3. The van der Waals surface area contributed by atoms with E-state index < -0.39 is 0 Å². The van der Waals surface area contributed by atoms with E-state index in [2.05, 4.69) is 30.8 Å². The fourth-order valence-corrected chi connectivity index (χ4v) is 2.83. The third kappa shape index (κ3) is 3.09. The normalized spacial score (nSPS) is 20.6. The third-order valence-electron chi connectivity index (χ3n) is 4.10. The van der Waals surface area contributed by atoms with Gasteiger partial charge in [0.25, 0.3) is 0 Å². The molecule has 2 N–H and O–H groups in total. The van der Waals surface area contributed by atoms with Crippen LogP contribution in [0.25, 0.3) is 0 Å². The van der Waals surface area contributed by atoms with Crippen molar-refractivity contribution in [3.63, 3.8) is 0 Å². The summed E-state index contributed by atoms with van der Waals surface area (Å²) >= 11 is 0.